The van der Waals surface area contributed by atoms with Gasteiger partial charge in [0, 0.05) is 31.9 Å². The van der Waals surface area contributed by atoms with Crippen LogP contribution in [0, 0.1) is 0 Å². The van der Waals surface area contributed by atoms with Crippen molar-refractivity contribution in [1.29, 1.82) is 0 Å². The molecule has 2 amide bonds. The fraction of sp³-hybridized carbons (Fsp3) is 0.333. The number of halogens is 2. The Morgan fingerprint density at radius 1 is 1.03 bits per heavy atom. The average molecular weight is 419 g/mol. The van der Waals surface area contributed by atoms with Gasteiger partial charge in [-0.1, -0.05) is 12.1 Å². The molecule has 2 aromatic carbocycles. The van der Waals surface area contributed by atoms with E-state index in [1.54, 1.807) is 42.3 Å². The minimum atomic E-state index is -3.00. The fourth-order valence-corrected chi connectivity index (χ4v) is 3.20. The number of anilines is 1. The van der Waals surface area contributed by atoms with E-state index >= 15 is 0 Å². The first-order valence-electron chi connectivity index (χ1n) is 9.45. The second kappa shape index (κ2) is 10.0. The van der Waals surface area contributed by atoms with Crippen molar-refractivity contribution >= 4 is 17.5 Å². The molecule has 1 N–H and O–H groups in total. The first-order valence-corrected chi connectivity index (χ1v) is 9.45. The number of carbonyl (C=O) groups is 2. The predicted octanol–water partition coefficient (Wildman–Crippen LogP) is 2.69. The summed E-state index contributed by atoms with van der Waals surface area (Å²) in [5.74, 6) is 0.0392. The Morgan fingerprint density at radius 3 is 2.33 bits per heavy atom. The second-order valence-electron chi connectivity index (χ2n) is 6.72. The minimum Gasteiger partial charge on any atom is -0.497 e. The van der Waals surface area contributed by atoms with E-state index < -0.39 is 6.61 Å². The summed E-state index contributed by atoms with van der Waals surface area (Å²) < 4.78 is 34.7. The molecule has 0 aliphatic carbocycles. The Kier molecular flexibility index (Phi) is 7.18. The molecule has 0 unspecified atom stereocenters. The molecule has 30 heavy (non-hydrogen) atoms. The molecule has 7 nitrogen and oxygen atoms in total. The van der Waals surface area contributed by atoms with Gasteiger partial charge in [-0.2, -0.15) is 8.78 Å². The van der Waals surface area contributed by atoms with E-state index in [0.29, 0.717) is 37.6 Å². The van der Waals surface area contributed by atoms with Crippen LogP contribution in [0.4, 0.5) is 14.5 Å². The zero-order valence-electron chi connectivity index (χ0n) is 16.5. The molecule has 1 aliphatic heterocycles. The number of nitrogens with zero attached hydrogens (tertiary/aromatic N) is 2. The molecular formula is C21H23F2N3O4. The van der Waals surface area contributed by atoms with Gasteiger partial charge in [0.15, 0.2) is 0 Å². The highest BCUT2D eigenvalue weighted by Crippen LogP contribution is 2.22. The van der Waals surface area contributed by atoms with Gasteiger partial charge >= 0.3 is 6.61 Å². The number of hydrogen-bond acceptors (Lipinski definition) is 5. The average Bonchev–Trinajstić information content (AvgIpc) is 2.74. The van der Waals surface area contributed by atoms with Gasteiger partial charge in [0.25, 0.3) is 5.91 Å². The van der Waals surface area contributed by atoms with E-state index in [2.05, 4.69) is 10.1 Å². The summed E-state index contributed by atoms with van der Waals surface area (Å²) in [6.07, 6.45) is 0. The lowest BCUT2D eigenvalue weighted by atomic mass is 10.1. The molecule has 3 rings (SSSR count). The standard InChI is InChI=1S/C21H23F2N3O4/c1-29-16-8-6-15(7-9-16)24-19(27)14-25-10-12-26(13-11-25)20(28)17-4-2-3-5-18(17)30-21(22)23/h2-9,21H,10-14H2,1H3,(H,24,27). The second-order valence-corrected chi connectivity index (χ2v) is 6.72. The summed E-state index contributed by atoms with van der Waals surface area (Å²) in [6, 6.07) is 13.0. The van der Waals surface area contributed by atoms with E-state index in [4.69, 9.17) is 4.74 Å². The van der Waals surface area contributed by atoms with Gasteiger partial charge in [-0.25, -0.2) is 0 Å². The maximum atomic E-state index is 12.7. The third kappa shape index (κ3) is 5.66. The summed E-state index contributed by atoms with van der Waals surface area (Å²) in [5, 5.41) is 2.82. The molecule has 0 spiro atoms. The van der Waals surface area contributed by atoms with Crippen molar-refractivity contribution in [2.24, 2.45) is 0 Å². The van der Waals surface area contributed by atoms with Crippen LogP contribution in [0.1, 0.15) is 10.4 Å². The van der Waals surface area contributed by atoms with Crippen LogP contribution in [0.2, 0.25) is 0 Å². The lowest BCUT2D eigenvalue weighted by Gasteiger charge is -2.34. The van der Waals surface area contributed by atoms with Crippen LogP contribution in [0.5, 0.6) is 11.5 Å². The van der Waals surface area contributed by atoms with Gasteiger partial charge in [0.05, 0.1) is 19.2 Å². The highest BCUT2D eigenvalue weighted by molar-refractivity contribution is 5.97. The number of nitrogens with one attached hydrogen (secondary N) is 1. The van der Waals surface area contributed by atoms with E-state index in [1.807, 2.05) is 4.90 Å². The molecule has 1 heterocycles. The van der Waals surface area contributed by atoms with Crippen LogP contribution in [0.3, 0.4) is 0 Å². The Labute approximate surface area is 173 Å². The zero-order chi connectivity index (χ0) is 21.5. The molecule has 160 valence electrons. The number of hydrogen-bond donors (Lipinski definition) is 1. The van der Waals surface area contributed by atoms with Gasteiger partial charge in [-0.15, -0.1) is 0 Å². The fourth-order valence-electron chi connectivity index (χ4n) is 3.20. The number of carbonyl (C=O) groups excluding carboxylic acids is 2. The molecule has 0 aromatic heterocycles. The number of methoxy groups -OCH3 is 1. The van der Waals surface area contributed by atoms with Crippen molar-refractivity contribution in [3.8, 4) is 11.5 Å². The molecule has 2 aromatic rings. The van der Waals surface area contributed by atoms with Crippen LogP contribution >= 0.6 is 0 Å². The molecule has 0 atom stereocenters. The number of para-hydroxylation sites is 1. The van der Waals surface area contributed by atoms with Crippen molar-refractivity contribution in [3.05, 3.63) is 54.1 Å². The van der Waals surface area contributed by atoms with Crippen molar-refractivity contribution in [2.45, 2.75) is 6.61 Å². The van der Waals surface area contributed by atoms with E-state index in [1.165, 1.54) is 18.2 Å². The highest BCUT2D eigenvalue weighted by atomic mass is 19.3. The van der Waals surface area contributed by atoms with E-state index in [-0.39, 0.29) is 29.7 Å². The van der Waals surface area contributed by atoms with Gasteiger partial charge in [-0.3, -0.25) is 14.5 Å². The Morgan fingerprint density at radius 2 is 1.70 bits per heavy atom. The Bertz CT molecular complexity index is 869. The highest BCUT2D eigenvalue weighted by Gasteiger charge is 2.25. The quantitative estimate of drug-likeness (QED) is 0.747. The number of rotatable bonds is 7. The summed E-state index contributed by atoms with van der Waals surface area (Å²) in [7, 11) is 1.57. The van der Waals surface area contributed by atoms with Gasteiger partial charge in [0.2, 0.25) is 5.91 Å². The third-order valence-corrected chi connectivity index (χ3v) is 4.73. The largest absolute Gasteiger partial charge is 0.497 e. The van der Waals surface area contributed by atoms with Gasteiger partial charge < -0.3 is 19.7 Å². The maximum absolute atomic E-state index is 12.7. The molecule has 1 saturated heterocycles. The first kappa shape index (κ1) is 21.5. The molecule has 0 radical (unpaired) electrons. The normalized spacial score (nSPS) is 14.5. The number of piperazine rings is 1. The van der Waals surface area contributed by atoms with Gasteiger partial charge in [0.1, 0.15) is 11.5 Å². The summed E-state index contributed by atoms with van der Waals surface area (Å²) in [6.45, 7) is -1.03. The number of amides is 2. The lowest BCUT2D eigenvalue weighted by Crippen LogP contribution is -2.50. The van der Waals surface area contributed by atoms with Crippen LogP contribution in [-0.2, 0) is 4.79 Å². The maximum Gasteiger partial charge on any atom is 0.387 e. The summed E-state index contributed by atoms with van der Waals surface area (Å²) in [4.78, 5) is 28.5. The summed E-state index contributed by atoms with van der Waals surface area (Å²) >= 11 is 0. The third-order valence-electron chi connectivity index (χ3n) is 4.73. The molecule has 9 heteroatoms. The van der Waals surface area contributed by atoms with Crippen molar-refractivity contribution in [1.82, 2.24) is 9.80 Å². The molecule has 1 fully saturated rings. The predicted molar refractivity (Wildman–Crippen MR) is 107 cm³/mol. The first-order chi connectivity index (χ1) is 14.5. The van der Waals surface area contributed by atoms with Crippen LogP contribution in [-0.4, -0.2) is 68.1 Å². The van der Waals surface area contributed by atoms with E-state index in [9.17, 15) is 18.4 Å². The van der Waals surface area contributed by atoms with Crippen molar-refractivity contribution in [2.75, 3.05) is 45.2 Å². The lowest BCUT2D eigenvalue weighted by molar-refractivity contribution is -0.117. The van der Waals surface area contributed by atoms with Crippen molar-refractivity contribution < 1.29 is 27.8 Å². The topological polar surface area (TPSA) is 71.1 Å². The smallest absolute Gasteiger partial charge is 0.387 e. The van der Waals surface area contributed by atoms with Crippen molar-refractivity contribution in [3.63, 3.8) is 0 Å². The molecule has 1 aliphatic rings. The SMILES string of the molecule is COc1ccc(NC(=O)CN2CCN(C(=O)c3ccccc3OC(F)F)CC2)cc1. The monoisotopic (exact) mass is 419 g/mol. The molecular weight excluding hydrogens is 396 g/mol. The number of benzene rings is 2. The zero-order valence-corrected chi connectivity index (χ0v) is 16.5. The Hall–Kier alpha value is -3.20. The summed E-state index contributed by atoms with van der Waals surface area (Å²) in [5.41, 5.74) is 0.772. The van der Waals surface area contributed by atoms with E-state index in [0.717, 1.165) is 0 Å². The van der Waals surface area contributed by atoms with Crippen LogP contribution < -0.4 is 14.8 Å². The molecule has 0 bridgehead atoms. The van der Waals surface area contributed by atoms with Crippen LogP contribution in [0.15, 0.2) is 48.5 Å². The number of ether oxygens (including phenoxy) is 2. The molecule has 0 saturated carbocycles. The van der Waals surface area contributed by atoms with Crippen LogP contribution in [0.25, 0.3) is 0 Å². The van der Waals surface area contributed by atoms with Gasteiger partial charge in [-0.05, 0) is 36.4 Å². The Balaban J connectivity index is 1.51. The minimum absolute atomic E-state index is 0.100. The number of alkyl halides is 2.